The molecule has 18 heavy (non-hydrogen) atoms. The van der Waals surface area contributed by atoms with Gasteiger partial charge in [0.25, 0.3) is 5.91 Å². The third kappa shape index (κ3) is 1.76. The monoisotopic (exact) mass is 249 g/mol. The molecule has 0 aromatic heterocycles. The molecule has 1 amide bonds. The second-order valence-corrected chi connectivity index (χ2v) is 3.94. The molecule has 6 heteroatoms. The standard InChI is InChI=1S/C12H11NO5/c1-18-9(14)6-12(17)10(15)7-4-2-3-5-8(7)13-11(12)16/h2-5,17H,6H2,1H3,(H,13,16)/t12-/m0/s1. The van der Waals surface area contributed by atoms with Crippen molar-refractivity contribution < 1.29 is 24.2 Å². The van der Waals surface area contributed by atoms with E-state index >= 15 is 0 Å². The van der Waals surface area contributed by atoms with Crippen LogP contribution in [-0.4, -0.2) is 35.5 Å². The molecule has 0 aliphatic carbocycles. The summed E-state index contributed by atoms with van der Waals surface area (Å²) in [7, 11) is 1.12. The number of fused-ring (bicyclic) bond motifs is 1. The lowest BCUT2D eigenvalue weighted by atomic mass is 9.85. The van der Waals surface area contributed by atoms with Crippen LogP contribution in [0.4, 0.5) is 5.69 Å². The summed E-state index contributed by atoms with van der Waals surface area (Å²) in [6, 6.07) is 6.27. The van der Waals surface area contributed by atoms with E-state index in [0.717, 1.165) is 7.11 Å². The maximum Gasteiger partial charge on any atom is 0.309 e. The SMILES string of the molecule is COC(=O)C[C@@]1(O)C(=O)Nc2ccccc2C1=O. The Hall–Kier alpha value is -2.21. The Balaban J connectivity index is 2.43. The Kier molecular flexibility index (Phi) is 2.88. The fourth-order valence-corrected chi connectivity index (χ4v) is 1.78. The molecule has 0 bridgehead atoms. The van der Waals surface area contributed by atoms with Crippen molar-refractivity contribution in [3.63, 3.8) is 0 Å². The highest BCUT2D eigenvalue weighted by atomic mass is 16.5. The van der Waals surface area contributed by atoms with Gasteiger partial charge in [0.05, 0.1) is 19.2 Å². The van der Waals surface area contributed by atoms with E-state index in [9.17, 15) is 19.5 Å². The lowest BCUT2D eigenvalue weighted by molar-refractivity contribution is -0.149. The topological polar surface area (TPSA) is 92.7 Å². The molecule has 0 saturated heterocycles. The summed E-state index contributed by atoms with van der Waals surface area (Å²) >= 11 is 0. The smallest absolute Gasteiger partial charge is 0.309 e. The molecule has 2 N–H and O–H groups in total. The first-order chi connectivity index (χ1) is 8.49. The van der Waals surface area contributed by atoms with Crippen LogP contribution in [0.25, 0.3) is 0 Å². The van der Waals surface area contributed by atoms with Crippen LogP contribution in [0.15, 0.2) is 24.3 Å². The Labute approximate surface area is 103 Å². The second-order valence-electron chi connectivity index (χ2n) is 3.94. The number of methoxy groups -OCH3 is 1. The molecule has 0 saturated carbocycles. The molecule has 1 aromatic carbocycles. The van der Waals surface area contributed by atoms with Crippen molar-refractivity contribution in [1.82, 2.24) is 0 Å². The van der Waals surface area contributed by atoms with E-state index < -0.39 is 29.7 Å². The Morgan fingerprint density at radius 1 is 1.39 bits per heavy atom. The molecule has 1 aliphatic heterocycles. The van der Waals surface area contributed by atoms with Crippen LogP contribution >= 0.6 is 0 Å². The number of ketones is 1. The molecule has 6 nitrogen and oxygen atoms in total. The number of rotatable bonds is 2. The van der Waals surface area contributed by atoms with Crippen LogP contribution in [0, 0.1) is 0 Å². The van der Waals surface area contributed by atoms with E-state index in [1.165, 1.54) is 6.07 Å². The Morgan fingerprint density at radius 3 is 2.72 bits per heavy atom. The number of aliphatic hydroxyl groups is 1. The summed E-state index contributed by atoms with van der Waals surface area (Å²) in [6.07, 6.45) is -0.706. The van der Waals surface area contributed by atoms with E-state index in [0.29, 0.717) is 5.69 Å². The van der Waals surface area contributed by atoms with E-state index in [1.807, 2.05) is 0 Å². The van der Waals surface area contributed by atoms with E-state index in [2.05, 4.69) is 10.1 Å². The summed E-state index contributed by atoms with van der Waals surface area (Å²) in [5, 5.41) is 12.5. The van der Waals surface area contributed by atoms with Crippen molar-refractivity contribution in [3.8, 4) is 0 Å². The molecular weight excluding hydrogens is 238 g/mol. The molecule has 94 valence electrons. The third-order valence-electron chi connectivity index (χ3n) is 2.80. The number of esters is 1. The fraction of sp³-hybridized carbons (Fsp3) is 0.250. The minimum atomic E-state index is -2.40. The molecule has 0 unspecified atom stereocenters. The number of carbonyl (C=O) groups is 3. The maximum absolute atomic E-state index is 12.1. The quantitative estimate of drug-likeness (QED) is 0.573. The molecular formula is C12H11NO5. The van der Waals surface area contributed by atoms with Crippen LogP contribution in [0.1, 0.15) is 16.8 Å². The number of anilines is 1. The maximum atomic E-state index is 12.1. The molecule has 0 spiro atoms. The van der Waals surface area contributed by atoms with Crippen molar-refractivity contribution in [1.29, 1.82) is 0 Å². The highest BCUT2D eigenvalue weighted by Crippen LogP contribution is 2.30. The zero-order valence-electron chi connectivity index (χ0n) is 9.60. The first kappa shape index (κ1) is 12.3. The van der Waals surface area contributed by atoms with Gasteiger partial charge < -0.3 is 15.2 Å². The first-order valence-corrected chi connectivity index (χ1v) is 5.23. The zero-order chi connectivity index (χ0) is 13.3. The Bertz CT molecular complexity index is 539. The first-order valence-electron chi connectivity index (χ1n) is 5.23. The van der Waals surface area contributed by atoms with Gasteiger partial charge in [0.2, 0.25) is 11.4 Å². The lowest BCUT2D eigenvalue weighted by Gasteiger charge is -2.29. The second kappa shape index (κ2) is 4.23. The Morgan fingerprint density at radius 2 is 2.06 bits per heavy atom. The van der Waals surface area contributed by atoms with Gasteiger partial charge in [-0.2, -0.15) is 0 Å². The summed E-state index contributed by atoms with van der Waals surface area (Å²) in [4.78, 5) is 35.0. The van der Waals surface area contributed by atoms with E-state index in [4.69, 9.17) is 0 Å². The van der Waals surface area contributed by atoms with E-state index in [-0.39, 0.29) is 5.56 Å². The van der Waals surface area contributed by atoms with Crippen molar-refractivity contribution >= 4 is 23.3 Å². The average molecular weight is 249 g/mol. The summed E-state index contributed by atoms with van der Waals surface area (Å²) in [5.74, 6) is -2.55. The number of hydrogen-bond acceptors (Lipinski definition) is 5. The summed E-state index contributed by atoms with van der Waals surface area (Å²) < 4.78 is 4.37. The fourth-order valence-electron chi connectivity index (χ4n) is 1.78. The van der Waals surface area contributed by atoms with Gasteiger partial charge >= 0.3 is 5.97 Å². The van der Waals surface area contributed by atoms with Gasteiger partial charge in [0.1, 0.15) is 0 Å². The van der Waals surface area contributed by atoms with Crippen LogP contribution in [0.5, 0.6) is 0 Å². The number of benzene rings is 1. The van der Waals surface area contributed by atoms with Crippen molar-refractivity contribution in [2.24, 2.45) is 0 Å². The lowest BCUT2D eigenvalue weighted by Crippen LogP contribution is -2.54. The molecule has 1 aliphatic rings. The van der Waals surface area contributed by atoms with Gasteiger partial charge in [-0.15, -0.1) is 0 Å². The number of hydrogen-bond donors (Lipinski definition) is 2. The van der Waals surface area contributed by atoms with Crippen LogP contribution in [0.2, 0.25) is 0 Å². The normalized spacial score (nSPS) is 22.1. The minimum absolute atomic E-state index is 0.170. The third-order valence-corrected chi connectivity index (χ3v) is 2.80. The van der Waals surface area contributed by atoms with Crippen molar-refractivity contribution in [2.45, 2.75) is 12.0 Å². The number of carbonyl (C=O) groups excluding carboxylic acids is 3. The van der Waals surface area contributed by atoms with Crippen LogP contribution in [0.3, 0.4) is 0 Å². The highest BCUT2D eigenvalue weighted by molar-refractivity contribution is 6.27. The predicted octanol–water partition coefficient (Wildman–Crippen LogP) is 0.116. The average Bonchev–Trinajstić information content (AvgIpc) is 2.36. The van der Waals surface area contributed by atoms with Gasteiger partial charge in [-0.05, 0) is 12.1 Å². The molecule has 1 heterocycles. The van der Waals surface area contributed by atoms with Gasteiger partial charge in [-0.3, -0.25) is 14.4 Å². The van der Waals surface area contributed by atoms with Gasteiger partial charge in [-0.25, -0.2) is 0 Å². The molecule has 1 aromatic rings. The minimum Gasteiger partial charge on any atom is -0.469 e. The number of ether oxygens (including phenoxy) is 1. The largest absolute Gasteiger partial charge is 0.469 e. The molecule has 1 atom stereocenters. The van der Waals surface area contributed by atoms with Gasteiger partial charge in [0, 0.05) is 5.56 Å². The zero-order valence-corrected chi connectivity index (χ0v) is 9.60. The van der Waals surface area contributed by atoms with E-state index in [1.54, 1.807) is 18.2 Å². The van der Waals surface area contributed by atoms with Crippen LogP contribution < -0.4 is 5.32 Å². The summed E-state index contributed by atoms with van der Waals surface area (Å²) in [6.45, 7) is 0. The van der Waals surface area contributed by atoms with Gasteiger partial charge in [-0.1, -0.05) is 12.1 Å². The highest BCUT2D eigenvalue weighted by Gasteiger charge is 2.50. The number of amides is 1. The predicted molar refractivity (Wildman–Crippen MR) is 61.0 cm³/mol. The molecule has 2 rings (SSSR count). The van der Waals surface area contributed by atoms with Crippen molar-refractivity contribution in [3.05, 3.63) is 29.8 Å². The number of Topliss-reactive ketones (excluding diaryl/α,β-unsaturated/α-hetero) is 1. The van der Waals surface area contributed by atoms with Crippen molar-refractivity contribution in [2.75, 3.05) is 12.4 Å². The number of nitrogens with one attached hydrogen (secondary N) is 1. The number of para-hydroxylation sites is 1. The molecule has 0 fully saturated rings. The molecule has 0 radical (unpaired) electrons. The van der Waals surface area contributed by atoms with Crippen LogP contribution in [-0.2, 0) is 14.3 Å². The van der Waals surface area contributed by atoms with Gasteiger partial charge in [0.15, 0.2) is 0 Å². The summed E-state index contributed by atoms with van der Waals surface area (Å²) in [5.41, 5.74) is -1.91.